The first kappa shape index (κ1) is 20.0. The van der Waals surface area contributed by atoms with Crippen molar-refractivity contribution in [3.05, 3.63) is 88.1 Å². The van der Waals surface area contributed by atoms with Gasteiger partial charge in [-0.15, -0.1) is 0 Å². The molecule has 0 atom stereocenters. The second-order valence-corrected chi connectivity index (χ2v) is 7.71. The van der Waals surface area contributed by atoms with Crippen molar-refractivity contribution in [3.8, 4) is 0 Å². The SMILES string of the molecule is Cc1ccc(C(=O)Nc2ccc([N+](=O)[O-])cc2)cc1S(=O)(=O)Nc1ccccn1. The van der Waals surface area contributed by atoms with Gasteiger partial charge in [0, 0.05) is 29.6 Å². The standard InChI is InChI=1S/C19H16N4O5S/c1-13-5-6-14(19(24)21-15-7-9-16(10-8-15)23(25)26)12-17(13)29(27,28)22-18-4-2-3-11-20-18/h2-12H,1H3,(H,20,22)(H,21,24). The van der Waals surface area contributed by atoms with Crippen molar-refractivity contribution in [3.63, 3.8) is 0 Å². The van der Waals surface area contributed by atoms with Crippen LogP contribution in [-0.4, -0.2) is 24.2 Å². The molecule has 0 fully saturated rings. The first-order valence-corrected chi connectivity index (χ1v) is 9.85. The number of anilines is 2. The Morgan fingerprint density at radius 1 is 1.07 bits per heavy atom. The average Bonchev–Trinajstić information content (AvgIpc) is 2.69. The predicted octanol–water partition coefficient (Wildman–Crippen LogP) is 3.35. The van der Waals surface area contributed by atoms with E-state index in [9.17, 15) is 23.3 Å². The number of nitrogens with one attached hydrogen (secondary N) is 2. The van der Waals surface area contributed by atoms with Gasteiger partial charge in [0.15, 0.2) is 0 Å². The fourth-order valence-electron chi connectivity index (χ4n) is 2.52. The molecule has 2 aromatic carbocycles. The third kappa shape index (κ3) is 4.74. The molecule has 148 valence electrons. The number of benzene rings is 2. The molecule has 0 aliphatic heterocycles. The molecule has 0 spiro atoms. The number of rotatable bonds is 6. The van der Waals surface area contributed by atoms with E-state index in [1.807, 2.05) is 0 Å². The second kappa shape index (κ2) is 8.07. The van der Waals surface area contributed by atoms with E-state index in [-0.39, 0.29) is 22.0 Å². The maximum Gasteiger partial charge on any atom is 0.269 e. The number of hydrogen-bond acceptors (Lipinski definition) is 6. The number of nitrogens with zero attached hydrogens (tertiary/aromatic N) is 2. The molecule has 2 N–H and O–H groups in total. The number of aryl methyl sites for hydroxylation is 1. The summed E-state index contributed by atoms with van der Waals surface area (Å²) in [6.45, 7) is 1.62. The van der Waals surface area contributed by atoms with Gasteiger partial charge in [-0.05, 0) is 48.9 Å². The van der Waals surface area contributed by atoms with Crippen LogP contribution in [0.1, 0.15) is 15.9 Å². The molecule has 0 saturated carbocycles. The Kier molecular flexibility index (Phi) is 5.55. The molecular formula is C19H16N4O5S. The topological polar surface area (TPSA) is 131 Å². The molecule has 1 aromatic heterocycles. The van der Waals surface area contributed by atoms with Gasteiger partial charge in [-0.25, -0.2) is 13.4 Å². The summed E-state index contributed by atoms with van der Waals surface area (Å²) in [6.07, 6.45) is 1.46. The molecule has 0 aliphatic rings. The highest BCUT2D eigenvalue weighted by Crippen LogP contribution is 2.21. The van der Waals surface area contributed by atoms with E-state index < -0.39 is 20.9 Å². The number of nitro groups is 1. The van der Waals surface area contributed by atoms with Crippen molar-refractivity contribution < 1.29 is 18.1 Å². The lowest BCUT2D eigenvalue weighted by molar-refractivity contribution is -0.384. The summed E-state index contributed by atoms with van der Waals surface area (Å²) < 4.78 is 27.8. The Labute approximate surface area is 166 Å². The predicted molar refractivity (Wildman–Crippen MR) is 107 cm³/mol. The number of pyridine rings is 1. The number of amides is 1. The monoisotopic (exact) mass is 412 g/mol. The minimum Gasteiger partial charge on any atom is -0.322 e. The Hall–Kier alpha value is -3.79. The maximum atomic E-state index is 12.7. The Bertz CT molecular complexity index is 1160. The van der Waals surface area contributed by atoms with Crippen LogP contribution in [0.5, 0.6) is 0 Å². The number of sulfonamides is 1. The molecule has 1 amide bonds. The Balaban J connectivity index is 1.84. The third-order valence-electron chi connectivity index (χ3n) is 3.98. The summed E-state index contributed by atoms with van der Waals surface area (Å²) in [7, 11) is -3.96. The smallest absolute Gasteiger partial charge is 0.269 e. The number of non-ortho nitro benzene ring substituents is 1. The lowest BCUT2D eigenvalue weighted by atomic mass is 10.1. The molecule has 29 heavy (non-hydrogen) atoms. The summed E-state index contributed by atoms with van der Waals surface area (Å²) >= 11 is 0. The summed E-state index contributed by atoms with van der Waals surface area (Å²) in [4.78, 5) is 26.5. The van der Waals surface area contributed by atoms with E-state index in [0.717, 1.165) is 0 Å². The Morgan fingerprint density at radius 2 is 1.79 bits per heavy atom. The fourth-order valence-corrected chi connectivity index (χ4v) is 3.80. The van der Waals surface area contributed by atoms with Crippen molar-refractivity contribution in [2.24, 2.45) is 0 Å². The van der Waals surface area contributed by atoms with E-state index in [4.69, 9.17) is 0 Å². The number of carbonyl (C=O) groups excluding carboxylic acids is 1. The number of aromatic nitrogens is 1. The van der Waals surface area contributed by atoms with Crippen LogP contribution < -0.4 is 10.0 Å². The van der Waals surface area contributed by atoms with E-state index >= 15 is 0 Å². The van der Waals surface area contributed by atoms with Gasteiger partial charge >= 0.3 is 0 Å². The van der Waals surface area contributed by atoms with Crippen LogP contribution in [0.3, 0.4) is 0 Å². The van der Waals surface area contributed by atoms with E-state index in [0.29, 0.717) is 11.3 Å². The van der Waals surface area contributed by atoms with Crippen LogP contribution >= 0.6 is 0 Å². The quantitative estimate of drug-likeness (QED) is 0.471. The molecule has 0 radical (unpaired) electrons. The summed E-state index contributed by atoms with van der Waals surface area (Å²) in [5.74, 6) is -0.388. The van der Waals surface area contributed by atoms with Gasteiger partial charge in [0.1, 0.15) is 5.82 Å². The first-order valence-electron chi connectivity index (χ1n) is 8.36. The third-order valence-corrected chi connectivity index (χ3v) is 5.48. The lowest BCUT2D eigenvalue weighted by Crippen LogP contribution is -2.17. The molecule has 3 aromatic rings. The highest BCUT2D eigenvalue weighted by Gasteiger charge is 2.20. The minimum atomic E-state index is -3.96. The van der Waals surface area contributed by atoms with Crippen molar-refractivity contribution in [2.45, 2.75) is 11.8 Å². The zero-order chi connectivity index (χ0) is 21.0. The second-order valence-electron chi connectivity index (χ2n) is 6.06. The zero-order valence-electron chi connectivity index (χ0n) is 15.2. The van der Waals surface area contributed by atoms with Crippen molar-refractivity contribution >= 4 is 33.1 Å². The summed E-state index contributed by atoms with van der Waals surface area (Å²) in [6, 6.07) is 14.4. The molecule has 0 bridgehead atoms. The largest absolute Gasteiger partial charge is 0.322 e. The lowest BCUT2D eigenvalue weighted by Gasteiger charge is -2.12. The van der Waals surface area contributed by atoms with Crippen LogP contribution in [0.25, 0.3) is 0 Å². The number of nitro benzene ring substituents is 1. The van der Waals surface area contributed by atoms with Gasteiger partial charge < -0.3 is 5.32 Å². The van der Waals surface area contributed by atoms with E-state index in [2.05, 4.69) is 15.0 Å². The Morgan fingerprint density at radius 3 is 2.41 bits per heavy atom. The van der Waals surface area contributed by atoms with Crippen molar-refractivity contribution in [1.82, 2.24) is 4.98 Å². The van der Waals surface area contributed by atoms with Gasteiger partial charge in [0.25, 0.3) is 21.6 Å². The fraction of sp³-hybridized carbons (Fsp3) is 0.0526. The average molecular weight is 412 g/mol. The van der Waals surface area contributed by atoms with Gasteiger partial charge in [0.2, 0.25) is 0 Å². The van der Waals surface area contributed by atoms with Crippen molar-refractivity contribution in [1.29, 1.82) is 0 Å². The molecule has 10 heteroatoms. The first-order chi connectivity index (χ1) is 13.8. The van der Waals surface area contributed by atoms with Crippen LogP contribution in [0, 0.1) is 17.0 Å². The highest BCUT2D eigenvalue weighted by molar-refractivity contribution is 7.92. The van der Waals surface area contributed by atoms with Gasteiger partial charge in [-0.3, -0.25) is 19.6 Å². The molecule has 0 unspecified atom stereocenters. The van der Waals surface area contributed by atoms with Crippen LogP contribution in [0.4, 0.5) is 17.2 Å². The van der Waals surface area contributed by atoms with Gasteiger partial charge in [0.05, 0.1) is 9.82 Å². The van der Waals surface area contributed by atoms with E-state index in [1.54, 1.807) is 19.1 Å². The van der Waals surface area contributed by atoms with Gasteiger partial charge in [-0.2, -0.15) is 0 Å². The minimum absolute atomic E-state index is 0.0560. The van der Waals surface area contributed by atoms with Crippen LogP contribution in [0.15, 0.2) is 71.8 Å². The number of hydrogen-bond donors (Lipinski definition) is 2. The maximum absolute atomic E-state index is 12.7. The molecular weight excluding hydrogens is 396 g/mol. The van der Waals surface area contributed by atoms with Crippen LogP contribution in [0.2, 0.25) is 0 Å². The van der Waals surface area contributed by atoms with Crippen molar-refractivity contribution in [2.75, 3.05) is 10.0 Å². The molecule has 0 saturated heterocycles. The highest BCUT2D eigenvalue weighted by atomic mass is 32.2. The summed E-state index contributed by atoms with van der Waals surface area (Å²) in [5.41, 5.74) is 0.820. The molecule has 0 aliphatic carbocycles. The normalized spacial score (nSPS) is 10.9. The number of carbonyl (C=O) groups is 1. The summed E-state index contributed by atoms with van der Waals surface area (Å²) in [5, 5.41) is 13.3. The van der Waals surface area contributed by atoms with Gasteiger partial charge in [-0.1, -0.05) is 12.1 Å². The molecule has 3 rings (SSSR count). The van der Waals surface area contributed by atoms with Crippen LogP contribution in [-0.2, 0) is 10.0 Å². The zero-order valence-corrected chi connectivity index (χ0v) is 16.0. The molecule has 9 nitrogen and oxygen atoms in total. The molecule has 1 heterocycles. The van der Waals surface area contributed by atoms with E-state index in [1.165, 1.54) is 54.7 Å².